The van der Waals surface area contributed by atoms with Crippen LogP contribution in [0.15, 0.2) is 54.6 Å². The molecule has 1 unspecified atom stereocenters. The molecule has 1 amide bonds. The molecule has 0 heterocycles. The highest BCUT2D eigenvalue weighted by Gasteiger charge is 2.14. The lowest BCUT2D eigenvalue weighted by molar-refractivity contribution is -0.122. The Morgan fingerprint density at radius 1 is 1.15 bits per heavy atom. The van der Waals surface area contributed by atoms with Gasteiger partial charge in [-0.1, -0.05) is 30.3 Å². The molecule has 104 valence electrons. The summed E-state index contributed by atoms with van der Waals surface area (Å²) in [5, 5.41) is 11.7. The van der Waals surface area contributed by atoms with Gasteiger partial charge in [-0.05, 0) is 36.8 Å². The van der Waals surface area contributed by atoms with E-state index in [1.807, 2.05) is 30.3 Å². The maximum absolute atomic E-state index is 12.0. The predicted octanol–water partition coefficient (Wildman–Crippen LogP) is 2.58. The van der Waals surface area contributed by atoms with Gasteiger partial charge in [-0.15, -0.1) is 0 Å². The number of nitrogens with one attached hydrogen (secondary N) is 1. The van der Waals surface area contributed by atoms with Crippen molar-refractivity contribution >= 4 is 11.6 Å². The van der Waals surface area contributed by atoms with Crippen LogP contribution < -0.4 is 10.1 Å². The first-order valence-electron chi connectivity index (χ1n) is 6.41. The Bertz CT molecular complexity index is 552. The monoisotopic (exact) mass is 271 g/mol. The Balaban J connectivity index is 1.93. The van der Waals surface area contributed by atoms with Crippen LogP contribution in [0, 0.1) is 0 Å². The van der Waals surface area contributed by atoms with Crippen LogP contribution in [0.5, 0.6) is 5.75 Å². The van der Waals surface area contributed by atoms with Crippen molar-refractivity contribution in [2.75, 3.05) is 5.32 Å². The molecule has 2 N–H and O–H groups in total. The molecule has 0 saturated carbocycles. The third-order valence-corrected chi connectivity index (χ3v) is 2.83. The highest BCUT2D eigenvalue weighted by molar-refractivity contribution is 5.94. The Morgan fingerprint density at radius 3 is 2.40 bits per heavy atom. The van der Waals surface area contributed by atoms with Crippen LogP contribution in [-0.4, -0.2) is 17.1 Å². The predicted molar refractivity (Wildman–Crippen MR) is 77.5 cm³/mol. The van der Waals surface area contributed by atoms with Crippen LogP contribution in [0.1, 0.15) is 12.5 Å². The second-order valence-corrected chi connectivity index (χ2v) is 4.42. The summed E-state index contributed by atoms with van der Waals surface area (Å²) in [5.41, 5.74) is 1.54. The van der Waals surface area contributed by atoms with E-state index in [4.69, 9.17) is 9.84 Å². The van der Waals surface area contributed by atoms with Crippen molar-refractivity contribution in [3.8, 4) is 5.75 Å². The van der Waals surface area contributed by atoms with Crippen LogP contribution in [0.4, 0.5) is 5.69 Å². The van der Waals surface area contributed by atoms with E-state index in [0.717, 1.165) is 11.3 Å². The molecule has 0 aromatic heterocycles. The summed E-state index contributed by atoms with van der Waals surface area (Å²) in [6.45, 7) is 1.68. The van der Waals surface area contributed by atoms with E-state index in [2.05, 4.69) is 5.32 Å². The van der Waals surface area contributed by atoms with E-state index >= 15 is 0 Å². The lowest BCUT2D eigenvalue weighted by Gasteiger charge is -2.15. The van der Waals surface area contributed by atoms with Crippen molar-refractivity contribution in [3.63, 3.8) is 0 Å². The van der Waals surface area contributed by atoms with E-state index in [0.29, 0.717) is 5.75 Å². The van der Waals surface area contributed by atoms with E-state index in [1.54, 1.807) is 31.2 Å². The van der Waals surface area contributed by atoms with Gasteiger partial charge in [0.25, 0.3) is 5.91 Å². The second kappa shape index (κ2) is 6.73. The molecule has 2 aromatic carbocycles. The fraction of sp³-hybridized carbons (Fsp3) is 0.188. The zero-order valence-electron chi connectivity index (χ0n) is 11.2. The lowest BCUT2D eigenvalue weighted by Crippen LogP contribution is -2.30. The van der Waals surface area contributed by atoms with Crippen molar-refractivity contribution in [1.29, 1.82) is 0 Å². The van der Waals surface area contributed by atoms with Gasteiger partial charge in [0, 0.05) is 5.69 Å². The summed E-state index contributed by atoms with van der Waals surface area (Å²) in [6.07, 6.45) is -0.602. The molecule has 0 bridgehead atoms. The number of benzene rings is 2. The number of anilines is 1. The number of ether oxygens (including phenoxy) is 1. The standard InChI is InChI=1S/C16H17NO3/c1-12(16(19)17-14-5-3-2-4-6-14)20-15-9-7-13(11-18)8-10-15/h2-10,12,18H,11H2,1H3,(H,17,19). The van der Waals surface area contributed by atoms with Crippen LogP contribution in [0.2, 0.25) is 0 Å². The summed E-state index contributed by atoms with van der Waals surface area (Å²) >= 11 is 0. The average Bonchev–Trinajstić information content (AvgIpc) is 2.49. The van der Waals surface area contributed by atoms with Gasteiger partial charge < -0.3 is 15.2 Å². The fourth-order valence-electron chi connectivity index (χ4n) is 1.70. The number of carbonyl (C=O) groups excluding carboxylic acids is 1. The summed E-state index contributed by atoms with van der Waals surface area (Å²) in [7, 11) is 0. The molecular formula is C16H17NO3. The van der Waals surface area contributed by atoms with Crippen LogP contribution in [0.3, 0.4) is 0 Å². The molecule has 0 spiro atoms. The van der Waals surface area contributed by atoms with Crippen LogP contribution >= 0.6 is 0 Å². The second-order valence-electron chi connectivity index (χ2n) is 4.42. The van der Waals surface area contributed by atoms with Gasteiger partial charge in [0.1, 0.15) is 5.75 Å². The van der Waals surface area contributed by atoms with Gasteiger partial charge in [0.2, 0.25) is 0 Å². The maximum Gasteiger partial charge on any atom is 0.265 e. The maximum atomic E-state index is 12.0. The topological polar surface area (TPSA) is 58.6 Å². The van der Waals surface area contributed by atoms with Gasteiger partial charge in [0.15, 0.2) is 6.10 Å². The van der Waals surface area contributed by atoms with Gasteiger partial charge >= 0.3 is 0 Å². The highest BCUT2D eigenvalue weighted by atomic mass is 16.5. The van der Waals surface area contributed by atoms with Gasteiger partial charge in [-0.3, -0.25) is 4.79 Å². The normalized spacial score (nSPS) is 11.7. The molecule has 0 aliphatic rings. The number of amides is 1. The Labute approximate surface area is 118 Å². The Kier molecular flexibility index (Phi) is 4.74. The summed E-state index contributed by atoms with van der Waals surface area (Å²) < 4.78 is 5.55. The molecule has 4 nitrogen and oxygen atoms in total. The van der Waals surface area contributed by atoms with Crippen LogP contribution in [0.25, 0.3) is 0 Å². The molecule has 0 fully saturated rings. The minimum atomic E-state index is -0.602. The average molecular weight is 271 g/mol. The molecule has 4 heteroatoms. The zero-order valence-corrected chi connectivity index (χ0v) is 11.2. The summed E-state index contributed by atoms with van der Waals surface area (Å²) in [6, 6.07) is 16.2. The van der Waals surface area contributed by atoms with Gasteiger partial charge in [-0.2, -0.15) is 0 Å². The van der Waals surface area contributed by atoms with E-state index in [9.17, 15) is 4.79 Å². The third kappa shape index (κ3) is 3.83. The van der Waals surface area contributed by atoms with Crippen LogP contribution in [-0.2, 0) is 11.4 Å². The Morgan fingerprint density at radius 2 is 1.80 bits per heavy atom. The van der Waals surface area contributed by atoms with Crippen molar-refractivity contribution in [2.45, 2.75) is 19.6 Å². The summed E-state index contributed by atoms with van der Waals surface area (Å²) in [4.78, 5) is 12.0. The van der Waals surface area contributed by atoms with Gasteiger partial charge in [0.05, 0.1) is 6.61 Å². The Hall–Kier alpha value is -2.33. The van der Waals surface area contributed by atoms with Crippen molar-refractivity contribution in [3.05, 3.63) is 60.2 Å². The van der Waals surface area contributed by atoms with Crippen molar-refractivity contribution in [2.24, 2.45) is 0 Å². The summed E-state index contributed by atoms with van der Waals surface area (Å²) in [5.74, 6) is 0.389. The molecular weight excluding hydrogens is 254 g/mol. The molecule has 2 rings (SSSR count). The SMILES string of the molecule is CC(Oc1ccc(CO)cc1)C(=O)Nc1ccccc1. The molecule has 20 heavy (non-hydrogen) atoms. The molecule has 2 aromatic rings. The first-order valence-corrected chi connectivity index (χ1v) is 6.41. The number of rotatable bonds is 5. The first kappa shape index (κ1) is 14.1. The van der Waals surface area contributed by atoms with Crippen molar-refractivity contribution < 1.29 is 14.6 Å². The first-order chi connectivity index (χ1) is 9.69. The number of hydrogen-bond acceptors (Lipinski definition) is 3. The third-order valence-electron chi connectivity index (χ3n) is 2.83. The number of para-hydroxylation sites is 1. The fourth-order valence-corrected chi connectivity index (χ4v) is 1.70. The molecule has 1 atom stereocenters. The smallest absolute Gasteiger partial charge is 0.265 e. The largest absolute Gasteiger partial charge is 0.481 e. The van der Waals surface area contributed by atoms with E-state index in [-0.39, 0.29) is 12.5 Å². The molecule has 0 aliphatic heterocycles. The van der Waals surface area contributed by atoms with Gasteiger partial charge in [-0.25, -0.2) is 0 Å². The van der Waals surface area contributed by atoms with E-state index < -0.39 is 6.10 Å². The van der Waals surface area contributed by atoms with E-state index in [1.165, 1.54) is 0 Å². The van der Waals surface area contributed by atoms with Crippen molar-refractivity contribution in [1.82, 2.24) is 0 Å². The minimum absolute atomic E-state index is 0.00960. The lowest BCUT2D eigenvalue weighted by atomic mass is 10.2. The zero-order chi connectivity index (χ0) is 14.4. The quantitative estimate of drug-likeness (QED) is 0.878. The number of hydrogen-bond donors (Lipinski definition) is 2. The highest BCUT2D eigenvalue weighted by Crippen LogP contribution is 2.15. The number of carbonyl (C=O) groups is 1. The number of aliphatic hydroxyl groups excluding tert-OH is 1. The molecule has 0 saturated heterocycles. The molecule has 0 radical (unpaired) electrons. The molecule has 0 aliphatic carbocycles. The minimum Gasteiger partial charge on any atom is -0.481 e. The number of aliphatic hydroxyl groups is 1.